The van der Waals surface area contributed by atoms with Gasteiger partial charge in [0.25, 0.3) is 0 Å². The fourth-order valence-corrected chi connectivity index (χ4v) is 4.29. The minimum absolute atomic E-state index is 0.0128. The number of ether oxygens (including phenoxy) is 1. The van der Waals surface area contributed by atoms with Crippen LogP contribution < -0.4 is 10.2 Å². The lowest BCUT2D eigenvalue weighted by Crippen LogP contribution is -2.36. The maximum atomic E-state index is 14.8. The molecule has 0 amide bonds. The van der Waals surface area contributed by atoms with Crippen LogP contribution >= 0.6 is 0 Å². The van der Waals surface area contributed by atoms with Gasteiger partial charge in [0, 0.05) is 47.5 Å². The molecule has 1 aliphatic rings. The Morgan fingerprint density at radius 1 is 0.846 bits per heavy atom. The van der Waals surface area contributed by atoms with Gasteiger partial charge in [0.1, 0.15) is 17.8 Å². The number of halogens is 2. The first kappa shape index (κ1) is 24.6. The van der Waals surface area contributed by atoms with Crippen LogP contribution in [0.2, 0.25) is 0 Å². The third kappa shape index (κ3) is 5.43. The van der Waals surface area contributed by atoms with Crippen molar-refractivity contribution in [3.63, 3.8) is 0 Å². The summed E-state index contributed by atoms with van der Waals surface area (Å²) in [4.78, 5) is 19.1. The zero-order chi connectivity index (χ0) is 26.8. The maximum Gasteiger partial charge on any atom is 0.227 e. The smallest absolute Gasteiger partial charge is 0.227 e. The van der Waals surface area contributed by atoms with E-state index in [1.54, 1.807) is 23.3 Å². The lowest BCUT2D eigenvalue weighted by molar-refractivity contribution is 0.122. The van der Waals surface area contributed by atoms with Crippen LogP contribution in [0.3, 0.4) is 0 Å². The van der Waals surface area contributed by atoms with Crippen LogP contribution in [0, 0.1) is 18.6 Å². The van der Waals surface area contributed by atoms with E-state index in [2.05, 4.69) is 30.4 Å². The van der Waals surface area contributed by atoms with E-state index in [1.165, 1.54) is 12.1 Å². The minimum Gasteiger partial charge on any atom is -0.378 e. The normalized spacial score (nSPS) is 13.5. The highest BCUT2D eigenvalue weighted by molar-refractivity contribution is 5.68. The van der Waals surface area contributed by atoms with E-state index < -0.39 is 11.6 Å². The fourth-order valence-electron chi connectivity index (χ4n) is 4.29. The van der Waals surface area contributed by atoms with Crippen molar-refractivity contribution in [2.24, 2.45) is 0 Å². The van der Waals surface area contributed by atoms with E-state index in [4.69, 9.17) is 4.74 Å². The average molecular weight is 527 g/mol. The quantitative estimate of drug-likeness (QED) is 0.332. The van der Waals surface area contributed by atoms with Gasteiger partial charge < -0.3 is 15.0 Å². The average Bonchev–Trinajstić information content (AvgIpc) is 3.45. The molecule has 1 aliphatic heterocycles. The van der Waals surface area contributed by atoms with Crippen LogP contribution in [0.1, 0.15) is 5.69 Å². The Morgan fingerprint density at radius 3 is 2.44 bits per heavy atom. The van der Waals surface area contributed by atoms with Gasteiger partial charge in [-0.1, -0.05) is 0 Å². The van der Waals surface area contributed by atoms with Crippen molar-refractivity contribution < 1.29 is 13.5 Å². The Morgan fingerprint density at radius 2 is 1.67 bits per heavy atom. The predicted octanol–water partition coefficient (Wildman–Crippen LogP) is 4.95. The summed E-state index contributed by atoms with van der Waals surface area (Å²) in [5.41, 5.74) is 4.25. The van der Waals surface area contributed by atoms with E-state index >= 15 is 0 Å². The minimum atomic E-state index is -0.639. The second-order valence-electron chi connectivity index (χ2n) is 9.06. The number of pyridine rings is 1. The van der Waals surface area contributed by atoms with Gasteiger partial charge in [0.2, 0.25) is 5.95 Å². The first-order chi connectivity index (χ1) is 19.0. The lowest BCUT2D eigenvalue weighted by atomic mass is 10.1. The molecule has 1 fully saturated rings. The second kappa shape index (κ2) is 10.5. The number of hydrogen-bond donors (Lipinski definition) is 1. The molecular formula is C28H24F2N8O. The molecule has 0 atom stereocenters. The van der Waals surface area contributed by atoms with Crippen molar-refractivity contribution in [1.29, 1.82) is 0 Å². The van der Waals surface area contributed by atoms with Crippen molar-refractivity contribution in [2.45, 2.75) is 6.92 Å². The summed E-state index contributed by atoms with van der Waals surface area (Å²) >= 11 is 0. The van der Waals surface area contributed by atoms with Gasteiger partial charge in [-0.15, -0.1) is 5.10 Å². The van der Waals surface area contributed by atoms with E-state index in [0.29, 0.717) is 49.1 Å². The van der Waals surface area contributed by atoms with Gasteiger partial charge in [-0.25, -0.2) is 28.4 Å². The molecule has 39 heavy (non-hydrogen) atoms. The van der Waals surface area contributed by atoms with Crippen molar-refractivity contribution in [2.75, 3.05) is 36.5 Å². The van der Waals surface area contributed by atoms with Gasteiger partial charge in [0.15, 0.2) is 11.6 Å². The van der Waals surface area contributed by atoms with Gasteiger partial charge in [-0.3, -0.25) is 4.98 Å². The molecule has 1 N–H and O–H groups in total. The summed E-state index contributed by atoms with van der Waals surface area (Å²) in [6.07, 6.45) is 4.46. The van der Waals surface area contributed by atoms with E-state index in [9.17, 15) is 8.78 Å². The van der Waals surface area contributed by atoms with Crippen molar-refractivity contribution in [3.05, 3.63) is 90.6 Å². The van der Waals surface area contributed by atoms with Crippen LogP contribution in [-0.4, -0.2) is 56.0 Å². The maximum absolute atomic E-state index is 14.8. The molecule has 0 radical (unpaired) electrons. The second-order valence-corrected chi connectivity index (χ2v) is 9.06. The first-order valence-electron chi connectivity index (χ1n) is 12.4. The number of aromatic nitrogens is 6. The summed E-state index contributed by atoms with van der Waals surface area (Å²) in [7, 11) is 0. The molecule has 0 spiro atoms. The van der Waals surface area contributed by atoms with Crippen LogP contribution in [0.25, 0.3) is 28.3 Å². The highest BCUT2D eigenvalue weighted by Crippen LogP contribution is 2.29. The Bertz CT molecular complexity index is 1600. The Balaban J connectivity index is 1.21. The topological polar surface area (TPSA) is 93.9 Å². The molecule has 3 aromatic heterocycles. The highest BCUT2D eigenvalue weighted by atomic mass is 19.1. The van der Waals surface area contributed by atoms with Crippen LogP contribution in [0.4, 0.5) is 26.1 Å². The number of rotatable bonds is 6. The van der Waals surface area contributed by atoms with Crippen molar-refractivity contribution in [1.82, 2.24) is 29.7 Å². The highest BCUT2D eigenvalue weighted by Gasteiger charge is 2.17. The number of morpholine rings is 1. The Kier molecular flexibility index (Phi) is 6.64. The standard InChI is InChI=1S/C28H24F2N8O/c1-18-2-3-19(15-31-18)27-33-17-38(36-27)23-6-4-22(5-7-23)34-28-32-16-25(30)26(35-28)20-12-21(29)14-24(13-20)37-8-10-39-11-9-37/h2-7,12-17H,8-11H2,1H3,(H,32,34,35). The summed E-state index contributed by atoms with van der Waals surface area (Å²) < 4.78 is 36.3. The molecule has 1 saturated heterocycles. The summed E-state index contributed by atoms with van der Waals surface area (Å²) in [5.74, 6) is -0.343. The summed E-state index contributed by atoms with van der Waals surface area (Å²) in [6, 6.07) is 15.7. The molecule has 0 bridgehead atoms. The lowest BCUT2D eigenvalue weighted by Gasteiger charge is -2.29. The van der Waals surface area contributed by atoms with Gasteiger partial charge in [-0.2, -0.15) is 0 Å². The molecule has 2 aromatic carbocycles. The van der Waals surface area contributed by atoms with E-state index in [-0.39, 0.29) is 11.6 Å². The van der Waals surface area contributed by atoms with Crippen LogP contribution in [0.5, 0.6) is 0 Å². The molecule has 9 nitrogen and oxygen atoms in total. The Hall–Kier alpha value is -4.77. The zero-order valence-electron chi connectivity index (χ0n) is 21.1. The number of hydrogen-bond acceptors (Lipinski definition) is 8. The van der Waals surface area contributed by atoms with Gasteiger partial charge >= 0.3 is 0 Å². The molecule has 5 aromatic rings. The van der Waals surface area contributed by atoms with Crippen molar-refractivity contribution >= 4 is 17.3 Å². The van der Waals surface area contributed by atoms with Gasteiger partial charge in [-0.05, 0) is 61.5 Å². The molecule has 6 rings (SSSR count). The van der Waals surface area contributed by atoms with E-state index in [1.807, 2.05) is 48.2 Å². The SMILES string of the molecule is Cc1ccc(-c2ncn(-c3ccc(Nc4ncc(F)c(-c5cc(F)cc(N6CCOCC6)c5)n4)cc3)n2)cn1. The molecule has 196 valence electrons. The zero-order valence-corrected chi connectivity index (χ0v) is 21.1. The van der Waals surface area contributed by atoms with Crippen LogP contribution in [-0.2, 0) is 4.74 Å². The number of nitrogens with one attached hydrogen (secondary N) is 1. The van der Waals surface area contributed by atoms with Crippen LogP contribution in [0.15, 0.2) is 73.3 Å². The third-order valence-electron chi connectivity index (χ3n) is 6.33. The molecule has 0 aliphatic carbocycles. The first-order valence-corrected chi connectivity index (χ1v) is 12.4. The predicted molar refractivity (Wildman–Crippen MR) is 143 cm³/mol. The number of aryl methyl sites for hydroxylation is 1. The summed E-state index contributed by atoms with van der Waals surface area (Å²) in [6.45, 7) is 4.31. The summed E-state index contributed by atoms with van der Waals surface area (Å²) in [5, 5.41) is 7.62. The number of anilines is 3. The molecule has 4 heterocycles. The van der Waals surface area contributed by atoms with E-state index in [0.717, 1.165) is 23.1 Å². The number of benzene rings is 2. The Labute approximate surface area is 223 Å². The third-order valence-corrected chi connectivity index (χ3v) is 6.33. The molecular weight excluding hydrogens is 502 g/mol. The largest absolute Gasteiger partial charge is 0.378 e. The monoisotopic (exact) mass is 526 g/mol. The molecule has 11 heteroatoms. The molecule has 0 unspecified atom stereocenters. The van der Waals surface area contributed by atoms with Crippen molar-refractivity contribution in [3.8, 4) is 28.3 Å². The fraction of sp³-hybridized carbons (Fsp3) is 0.179. The molecule has 0 saturated carbocycles. The number of nitrogens with zero attached hydrogens (tertiary/aromatic N) is 7. The van der Waals surface area contributed by atoms with Gasteiger partial charge in [0.05, 0.1) is 25.1 Å².